The molecule has 25 heavy (non-hydrogen) atoms. The van der Waals surface area contributed by atoms with Gasteiger partial charge in [-0.25, -0.2) is 0 Å². The maximum atomic E-state index is 12.5. The summed E-state index contributed by atoms with van der Waals surface area (Å²) in [5, 5.41) is 11.2. The monoisotopic (exact) mass is 525 g/mol. The van der Waals surface area contributed by atoms with Gasteiger partial charge in [0.25, 0.3) is 5.91 Å². The first-order chi connectivity index (χ1) is 11.4. The van der Waals surface area contributed by atoms with Crippen LogP contribution in [0.5, 0.6) is 0 Å². The molecule has 0 heterocycles. The maximum Gasteiger partial charge on any atom is 0.251 e. The third-order valence-electron chi connectivity index (χ3n) is 3.15. The number of nitrogens with two attached hydrogens (primary N) is 1. The number of thioether (sulfide) groups is 1. The maximum absolute atomic E-state index is 12.5. The molecule has 0 aliphatic heterocycles. The van der Waals surface area contributed by atoms with Crippen molar-refractivity contribution in [2.45, 2.75) is 12.3 Å². The molecule has 0 saturated heterocycles. The highest BCUT2D eigenvalue weighted by Gasteiger charge is 2.13. The van der Waals surface area contributed by atoms with E-state index < -0.39 is 0 Å². The third-order valence-corrected chi connectivity index (χ3v) is 5.00. The molecule has 1 amide bonds. The smallest absolute Gasteiger partial charge is 0.251 e. The van der Waals surface area contributed by atoms with Crippen LogP contribution in [-0.2, 0) is 12.3 Å². The van der Waals surface area contributed by atoms with E-state index in [1.807, 2.05) is 6.07 Å². The number of amidine groups is 1. The minimum Gasteiger partial charge on any atom is -0.379 e. The molecular formula is C16H15Br2Cl2N3OS. The van der Waals surface area contributed by atoms with Crippen molar-refractivity contribution in [2.75, 3.05) is 0 Å². The minimum absolute atomic E-state index is 0. The van der Waals surface area contributed by atoms with Crippen molar-refractivity contribution in [1.82, 2.24) is 5.32 Å². The second-order valence-corrected chi connectivity index (χ2v) is 7.65. The molecule has 0 aromatic heterocycles. The summed E-state index contributed by atoms with van der Waals surface area (Å²) in [5.41, 5.74) is 7.49. The fourth-order valence-corrected chi connectivity index (χ4v) is 3.43. The lowest BCUT2D eigenvalue weighted by atomic mass is 10.1. The SMILES string of the molecule is Br.N=C(N)SCc1cc(Br)ccc1C(=O)NCc1ccc(Cl)cc1Cl. The van der Waals surface area contributed by atoms with Gasteiger partial charge in [-0.1, -0.05) is 57.0 Å². The lowest BCUT2D eigenvalue weighted by Crippen LogP contribution is -2.24. The van der Waals surface area contributed by atoms with Crippen LogP contribution in [0.15, 0.2) is 40.9 Å². The van der Waals surface area contributed by atoms with Crippen LogP contribution in [0, 0.1) is 5.41 Å². The molecular weight excluding hydrogens is 513 g/mol. The first-order valence-corrected chi connectivity index (χ1v) is 9.37. The zero-order chi connectivity index (χ0) is 17.7. The Morgan fingerprint density at radius 3 is 2.56 bits per heavy atom. The van der Waals surface area contributed by atoms with E-state index in [-0.39, 0.29) is 28.1 Å². The van der Waals surface area contributed by atoms with Crippen LogP contribution >= 0.6 is 67.9 Å². The van der Waals surface area contributed by atoms with Gasteiger partial charge in [0.15, 0.2) is 5.17 Å². The van der Waals surface area contributed by atoms with Gasteiger partial charge < -0.3 is 11.1 Å². The summed E-state index contributed by atoms with van der Waals surface area (Å²) < 4.78 is 0.860. The van der Waals surface area contributed by atoms with E-state index in [9.17, 15) is 4.79 Å². The predicted molar refractivity (Wildman–Crippen MR) is 115 cm³/mol. The fraction of sp³-hybridized carbons (Fsp3) is 0.125. The van der Waals surface area contributed by atoms with Crippen LogP contribution in [0.2, 0.25) is 10.0 Å². The Labute approximate surface area is 179 Å². The van der Waals surface area contributed by atoms with E-state index in [4.69, 9.17) is 34.3 Å². The Morgan fingerprint density at radius 2 is 1.92 bits per heavy atom. The Kier molecular flexibility index (Phi) is 9.30. The normalized spacial score (nSPS) is 10.0. The van der Waals surface area contributed by atoms with Crippen molar-refractivity contribution in [2.24, 2.45) is 5.73 Å². The lowest BCUT2D eigenvalue weighted by Gasteiger charge is -2.11. The lowest BCUT2D eigenvalue weighted by molar-refractivity contribution is 0.0950. The van der Waals surface area contributed by atoms with Crippen LogP contribution < -0.4 is 11.1 Å². The largest absolute Gasteiger partial charge is 0.379 e. The second kappa shape index (κ2) is 10.4. The van der Waals surface area contributed by atoms with Gasteiger partial charge in [-0.15, -0.1) is 17.0 Å². The van der Waals surface area contributed by atoms with Gasteiger partial charge in [-0.2, -0.15) is 0 Å². The molecule has 2 rings (SSSR count). The predicted octanol–water partition coefficient (Wildman–Crippen LogP) is 5.39. The Balaban J connectivity index is 0.00000312. The Morgan fingerprint density at radius 1 is 1.20 bits per heavy atom. The van der Waals surface area contributed by atoms with Gasteiger partial charge in [-0.3, -0.25) is 10.2 Å². The third kappa shape index (κ3) is 6.83. The number of hydrogen-bond donors (Lipinski definition) is 3. The van der Waals surface area contributed by atoms with Crippen LogP contribution in [0.1, 0.15) is 21.5 Å². The molecule has 0 unspecified atom stereocenters. The number of rotatable bonds is 5. The number of carbonyl (C=O) groups excluding carboxylic acids is 1. The van der Waals surface area contributed by atoms with Crippen LogP contribution in [0.25, 0.3) is 0 Å². The molecule has 2 aromatic rings. The van der Waals surface area contributed by atoms with Gasteiger partial charge in [-0.05, 0) is 41.5 Å². The summed E-state index contributed by atoms with van der Waals surface area (Å²) in [6, 6.07) is 10.5. The summed E-state index contributed by atoms with van der Waals surface area (Å²) in [4.78, 5) is 12.5. The highest BCUT2D eigenvalue weighted by Crippen LogP contribution is 2.23. The molecule has 4 nitrogen and oxygen atoms in total. The molecule has 0 radical (unpaired) electrons. The zero-order valence-electron chi connectivity index (χ0n) is 12.8. The molecule has 0 atom stereocenters. The quantitative estimate of drug-likeness (QED) is 0.360. The Bertz CT molecular complexity index is 790. The summed E-state index contributed by atoms with van der Waals surface area (Å²) in [6.45, 7) is 0.296. The van der Waals surface area contributed by atoms with E-state index in [0.717, 1.165) is 15.6 Å². The fourth-order valence-electron chi connectivity index (χ4n) is 1.99. The van der Waals surface area contributed by atoms with E-state index in [2.05, 4.69) is 21.2 Å². The van der Waals surface area contributed by atoms with E-state index >= 15 is 0 Å². The molecule has 0 saturated carbocycles. The first kappa shape index (κ1) is 22.3. The van der Waals surface area contributed by atoms with Gasteiger partial charge in [0.2, 0.25) is 0 Å². The average molecular weight is 528 g/mol. The van der Waals surface area contributed by atoms with Gasteiger partial charge in [0, 0.05) is 32.4 Å². The standard InChI is InChI=1S/C16H14BrCl2N3OS.BrH/c17-11-2-4-13(10(5-11)8-24-16(20)21)15(23)22-7-9-1-3-12(18)6-14(9)19;/h1-6H,7-8H2,(H3,20,21)(H,22,23);1H. The Hall–Kier alpha value is -0.730. The highest BCUT2D eigenvalue weighted by atomic mass is 79.9. The number of halogens is 4. The molecule has 0 bridgehead atoms. The molecule has 0 aliphatic rings. The second-order valence-electron chi connectivity index (χ2n) is 4.87. The molecule has 9 heteroatoms. The summed E-state index contributed by atoms with van der Waals surface area (Å²) in [5.74, 6) is 0.229. The van der Waals surface area contributed by atoms with Crippen molar-refractivity contribution in [1.29, 1.82) is 5.41 Å². The molecule has 0 spiro atoms. The summed E-state index contributed by atoms with van der Waals surface area (Å²) >= 11 is 16.5. The van der Waals surface area contributed by atoms with Gasteiger partial charge in [0.1, 0.15) is 0 Å². The number of amides is 1. The number of benzene rings is 2. The average Bonchev–Trinajstić information content (AvgIpc) is 2.52. The van der Waals surface area contributed by atoms with Crippen LogP contribution in [0.4, 0.5) is 0 Å². The van der Waals surface area contributed by atoms with E-state index in [1.54, 1.807) is 30.3 Å². The molecule has 0 aliphatic carbocycles. The molecule has 0 fully saturated rings. The van der Waals surface area contributed by atoms with Crippen molar-refractivity contribution in [3.05, 3.63) is 67.6 Å². The van der Waals surface area contributed by atoms with Crippen molar-refractivity contribution >= 4 is 78.9 Å². The van der Waals surface area contributed by atoms with Gasteiger partial charge >= 0.3 is 0 Å². The van der Waals surface area contributed by atoms with Crippen LogP contribution in [0.3, 0.4) is 0 Å². The summed E-state index contributed by atoms with van der Waals surface area (Å²) in [6.07, 6.45) is 0. The number of nitrogens with one attached hydrogen (secondary N) is 2. The van der Waals surface area contributed by atoms with Crippen LogP contribution in [-0.4, -0.2) is 11.1 Å². The topological polar surface area (TPSA) is 79.0 Å². The minimum atomic E-state index is -0.215. The van der Waals surface area contributed by atoms with E-state index in [1.165, 1.54) is 11.8 Å². The van der Waals surface area contributed by atoms with E-state index in [0.29, 0.717) is 27.9 Å². The van der Waals surface area contributed by atoms with Crippen molar-refractivity contribution in [3.8, 4) is 0 Å². The number of hydrogen-bond acceptors (Lipinski definition) is 3. The molecule has 134 valence electrons. The summed E-state index contributed by atoms with van der Waals surface area (Å²) in [7, 11) is 0. The molecule has 2 aromatic carbocycles. The van der Waals surface area contributed by atoms with Gasteiger partial charge in [0.05, 0.1) is 0 Å². The first-order valence-electron chi connectivity index (χ1n) is 6.84. The zero-order valence-corrected chi connectivity index (χ0v) is 18.4. The number of carbonyl (C=O) groups is 1. The van der Waals surface area contributed by atoms with Crippen molar-refractivity contribution in [3.63, 3.8) is 0 Å². The molecule has 4 N–H and O–H groups in total. The van der Waals surface area contributed by atoms with Crippen molar-refractivity contribution < 1.29 is 4.79 Å². The highest BCUT2D eigenvalue weighted by molar-refractivity contribution is 9.10.